The average molecular weight is 308 g/mol. The summed E-state index contributed by atoms with van der Waals surface area (Å²) in [5.41, 5.74) is 6.18. The zero-order valence-corrected chi connectivity index (χ0v) is 14.6. The maximum absolute atomic E-state index is 11.3. The van der Waals surface area contributed by atoms with Crippen LogP contribution in [0.3, 0.4) is 0 Å². The smallest absolute Gasteiger partial charge is 0.333 e. The van der Waals surface area contributed by atoms with E-state index in [1.54, 1.807) is 6.92 Å². The van der Waals surface area contributed by atoms with Gasteiger partial charge in [-0.05, 0) is 45.5 Å². The van der Waals surface area contributed by atoms with Crippen molar-refractivity contribution >= 4 is 26.6 Å². The molecule has 0 aromatic heterocycles. The Kier molecular flexibility index (Phi) is 7.30. The lowest BCUT2D eigenvalue weighted by Gasteiger charge is -2.50. The first-order valence-electron chi connectivity index (χ1n) is 6.12. The van der Waals surface area contributed by atoms with E-state index in [4.69, 9.17) is 14.6 Å². The van der Waals surface area contributed by atoms with Gasteiger partial charge in [-0.1, -0.05) is 6.58 Å². The fraction of sp³-hybridized carbons (Fsp3) is 0.714. The number of carbonyl (C=O) groups excluding carboxylic acids is 1. The van der Waals surface area contributed by atoms with Crippen molar-refractivity contribution in [2.75, 3.05) is 31.1 Å². The summed E-state index contributed by atoms with van der Waals surface area (Å²) >= 11 is 0. The first-order chi connectivity index (χ1) is 8.49. The molecule has 0 aromatic rings. The lowest BCUT2D eigenvalue weighted by atomic mass is 10.4. The summed E-state index contributed by atoms with van der Waals surface area (Å²) in [5, 5.41) is 0. The molecule has 0 aliphatic heterocycles. The van der Waals surface area contributed by atoms with Crippen molar-refractivity contribution in [1.82, 2.24) is 0 Å². The van der Waals surface area contributed by atoms with Crippen molar-refractivity contribution in [3.8, 4) is 5.69 Å². The monoisotopic (exact) mass is 307 g/mol. The lowest BCUT2D eigenvalue weighted by molar-refractivity contribution is -0.138. The summed E-state index contributed by atoms with van der Waals surface area (Å²) in [5.74, 6) is 0.654. The molecule has 0 rings (SSSR count). The predicted molar refractivity (Wildman–Crippen MR) is 88.1 cm³/mol. The summed E-state index contributed by atoms with van der Waals surface area (Å²) in [6.07, 6.45) is 7.14. The second-order valence-corrected chi connectivity index (χ2v) is 11.1. The molecule has 0 aromatic carbocycles. The second-order valence-electron chi connectivity index (χ2n) is 5.49. The van der Waals surface area contributed by atoms with Gasteiger partial charge in [0.05, 0.1) is 11.5 Å². The standard InChI is InChI=1S/C14H27O3S2/c1-12(2)13(15)16-10-9-11-19(7,8)14(3,4)17-18(5)6/h5H,1,9-11H2,2-4,6-8H3/q-1. The number of esters is 1. The van der Waals surface area contributed by atoms with E-state index in [2.05, 4.69) is 32.9 Å². The highest BCUT2D eigenvalue weighted by molar-refractivity contribution is 8.33. The van der Waals surface area contributed by atoms with Gasteiger partial charge in [-0.2, -0.15) is 0 Å². The highest BCUT2D eigenvalue weighted by Crippen LogP contribution is 2.54. The Morgan fingerprint density at radius 1 is 1.42 bits per heavy atom. The summed E-state index contributed by atoms with van der Waals surface area (Å²) < 4.78 is 10.9. The zero-order valence-electron chi connectivity index (χ0n) is 12.9. The molecule has 0 saturated heterocycles. The van der Waals surface area contributed by atoms with Crippen molar-refractivity contribution in [1.29, 1.82) is 0 Å². The Morgan fingerprint density at radius 3 is 2.37 bits per heavy atom. The van der Waals surface area contributed by atoms with Crippen LogP contribution in [-0.4, -0.2) is 42.0 Å². The van der Waals surface area contributed by atoms with Gasteiger partial charge in [0.25, 0.3) is 0 Å². The third-order valence-electron chi connectivity index (χ3n) is 3.04. The van der Waals surface area contributed by atoms with Crippen molar-refractivity contribution in [3.05, 3.63) is 12.2 Å². The minimum absolute atomic E-state index is 0.238. The summed E-state index contributed by atoms with van der Waals surface area (Å²) in [4.78, 5) is 11.0. The van der Waals surface area contributed by atoms with Crippen LogP contribution in [0.1, 0.15) is 27.2 Å². The van der Waals surface area contributed by atoms with Crippen molar-refractivity contribution < 1.29 is 13.7 Å². The fourth-order valence-corrected chi connectivity index (χ4v) is 4.39. The first-order valence-corrected chi connectivity index (χ1v) is 10.4. The van der Waals surface area contributed by atoms with Crippen LogP contribution in [0.4, 0.5) is 0 Å². The van der Waals surface area contributed by atoms with E-state index in [9.17, 15) is 4.79 Å². The Balaban J connectivity index is 4.28. The molecule has 0 heterocycles. The normalized spacial score (nSPS) is 13.4. The van der Waals surface area contributed by atoms with Crippen LogP contribution in [0.5, 0.6) is 0 Å². The Labute approximate surface area is 121 Å². The molecule has 0 spiro atoms. The van der Waals surface area contributed by atoms with E-state index in [0.29, 0.717) is 12.2 Å². The Hall–Kier alpha value is -0.350. The molecule has 114 valence electrons. The Bertz CT molecular complexity index is 403. The molecule has 0 fully saturated rings. The van der Waals surface area contributed by atoms with Crippen LogP contribution in [0.15, 0.2) is 12.2 Å². The van der Waals surface area contributed by atoms with E-state index in [-0.39, 0.29) is 10.9 Å². The molecule has 0 aliphatic carbocycles. The third kappa shape index (κ3) is 6.57. The number of rotatable bonds is 7. The van der Waals surface area contributed by atoms with E-state index in [0.717, 1.165) is 12.2 Å². The van der Waals surface area contributed by atoms with Gasteiger partial charge in [-0.25, -0.2) is 14.8 Å². The predicted octanol–water partition coefficient (Wildman–Crippen LogP) is 3.06. The summed E-state index contributed by atoms with van der Waals surface area (Å²) in [6.45, 7) is 9.80. The molecule has 0 unspecified atom stereocenters. The SMILES string of the molecule is C#[S-](C)OC(C)(C)S(C)(C)CCCOC(=O)C(=C)C. The molecular weight excluding hydrogens is 280 g/mol. The second kappa shape index (κ2) is 7.44. The Morgan fingerprint density at radius 2 is 1.95 bits per heavy atom. The minimum Gasteiger partial charge on any atom is -0.472 e. The lowest BCUT2D eigenvalue weighted by Crippen LogP contribution is -2.33. The average Bonchev–Trinajstić information content (AvgIpc) is 2.21. The number of hydrogen-bond acceptors (Lipinski definition) is 4. The molecule has 5 heteroatoms. The number of carbonyl (C=O) groups is 1. The highest BCUT2D eigenvalue weighted by atomic mass is 32.3. The number of ether oxygens (including phenoxy) is 1. The van der Waals surface area contributed by atoms with Gasteiger partial charge in [-0.3, -0.25) is 5.69 Å². The van der Waals surface area contributed by atoms with E-state index in [1.165, 1.54) is 0 Å². The minimum atomic E-state index is -0.982. The zero-order chi connectivity index (χ0) is 15.3. The van der Waals surface area contributed by atoms with E-state index < -0.39 is 20.6 Å². The van der Waals surface area contributed by atoms with Crippen LogP contribution in [0.2, 0.25) is 0 Å². The topological polar surface area (TPSA) is 35.5 Å². The maximum atomic E-state index is 11.3. The van der Waals surface area contributed by atoms with Crippen molar-refractivity contribution in [2.24, 2.45) is 0 Å². The third-order valence-corrected chi connectivity index (χ3v) is 7.88. The molecule has 0 N–H and O–H groups in total. The summed E-state index contributed by atoms with van der Waals surface area (Å²) in [6, 6.07) is 0. The highest BCUT2D eigenvalue weighted by Gasteiger charge is 2.30. The summed E-state index contributed by atoms with van der Waals surface area (Å²) in [7, 11) is -1.51. The molecule has 19 heavy (non-hydrogen) atoms. The maximum Gasteiger partial charge on any atom is 0.333 e. The number of hydrogen-bond donors (Lipinski definition) is 0. The molecule has 0 amide bonds. The molecular formula is C14H27O3S2-. The molecule has 0 radical (unpaired) electrons. The van der Waals surface area contributed by atoms with Gasteiger partial charge in [0.2, 0.25) is 0 Å². The largest absolute Gasteiger partial charge is 0.472 e. The molecule has 0 saturated carbocycles. The van der Waals surface area contributed by atoms with Crippen LogP contribution in [0, 0.1) is 5.69 Å². The molecule has 3 nitrogen and oxygen atoms in total. The van der Waals surface area contributed by atoms with E-state index in [1.807, 2.05) is 6.26 Å². The van der Waals surface area contributed by atoms with E-state index >= 15 is 0 Å². The van der Waals surface area contributed by atoms with Crippen LogP contribution >= 0.6 is 10.0 Å². The molecule has 0 bridgehead atoms. The van der Waals surface area contributed by atoms with Crippen LogP contribution in [0.25, 0.3) is 0 Å². The van der Waals surface area contributed by atoms with Gasteiger partial charge in [0.1, 0.15) is 0 Å². The van der Waals surface area contributed by atoms with Gasteiger partial charge in [0.15, 0.2) is 0 Å². The van der Waals surface area contributed by atoms with Crippen LogP contribution < -0.4 is 0 Å². The fourth-order valence-electron chi connectivity index (χ4n) is 1.36. The van der Waals surface area contributed by atoms with Gasteiger partial charge < -0.3 is 19.5 Å². The van der Waals surface area contributed by atoms with Crippen LogP contribution in [-0.2, 0) is 24.3 Å². The van der Waals surface area contributed by atoms with Gasteiger partial charge >= 0.3 is 5.97 Å². The van der Waals surface area contributed by atoms with Crippen molar-refractivity contribution in [3.63, 3.8) is 0 Å². The van der Waals surface area contributed by atoms with Gasteiger partial charge in [0, 0.05) is 5.57 Å². The molecule has 0 aliphatic rings. The van der Waals surface area contributed by atoms with Gasteiger partial charge in [-0.15, -0.1) is 6.26 Å². The quantitative estimate of drug-likeness (QED) is 0.314. The molecule has 0 atom stereocenters. The first kappa shape index (κ1) is 18.7. The van der Waals surface area contributed by atoms with Crippen molar-refractivity contribution in [2.45, 2.75) is 32.1 Å².